The summed E-state index contributed by atoms with van der Waals surface area (Å²) in [5.41, 5.74) is 3.73. The van der Waals surface area contributed by atoms with Gasteiger partial charge >= 0.3 is 0 Å². The van der Waals surface area contributed by atoms with Gasteiger partial charge in [-0.05, 0) is 25.1 Å². The molecule has 2 aromatic rings. The van der Waals surface area contributed by atoms with E-state index in [1.807, 2.05) is 7.05 Å². The quantitative estimate of drug-likeness (QED) is 0.825. The number of hydrogen-bond acceptors (Lipinski definition) is 2. The highest BCUT2D eigenvalue weighted by Gasteiger charge is 2.09. The van der Waals surface area contributed by atoms with Crippen LogP contribution >= 0.6 is 0 Å². The van der Waals surface area contributed by atoms with Crippen LogP contribution in [0.1, 0.15) is 18.3 Å². The van der Waals surface area contributed by atoms with Gasteiger partial charge in [0.1, 0.15) is 5.82 Å². The lowest BCUT2D eigenvalue weighted by molar-refractivity contribution is 0.718. The molecule has 0 bridgehead atoms. The Morgan fingerprint density at radius 3 is 2.87 bits per heavy atom. The van der Waals surface area contributed by atoms with Crippen molar-refractivity contribution in [1.82, 2.24) is 14.9 Å². The van der Waals surface area contributed by atoms with E-state index in [0.717, 1.165) is 24.3 Å². The van der Waals surface area contributed by atoms with Crippen LogP contribution in [0.5, 0.6) is 0 Å². The zero-order valence-electron chi connectivity index (χ0n) is 9.54. The SMILES string of the molecule is CCc1cccc2nc(CNC)n(C)c12. The molecule has 1 aromatic heterocycles. The van der Waals surface area contributed by atoms with Gasteiger partial charge in [-0.15, -0.1) is 0 Å². The van der Waals surface area contributed by atoms with Crippen molar-refractivity contribution in [2.45, 2.75) is 19.9 Å². The van der Waals surface area contributed by atoms with Crippen molar-refractivity contribution in [1.29, 1.82) is 0 Å². The van der Waals surface area contributed by atoms with Crippen LogP contribution in [-0.4, -0.2) is 16.6 Å². The molecule has 0 radical (unpaired) electrons. The number of nitrogens with zero attached hydrogens (tertiary/aromatic N) is 2. The van der Waals surface area contributed by atoms with Gasteiger partial charge < -0.3 is 9.88 Å². The molecule has 1 heterocycles. The Hall–Kier alpha value is -1.35. The summed E-state index contributed by atoms with van der Waals surface area (Å²) in [6, 6.07) is 6.33. The number of benzene rings is 1. The molecule has 0 aliphatic heterocycles. The molecule has 0 spiro atoms. The minimum Gasteiger partial charge on any atom is -0.330 e. The number of hydrogen-bond donors (Lipinski definition) is 1. The molecule has 0 fully saturated rings. The van der Waals surface area contributed by atoms with E-state index in [1.54, 1.807) is 0 Å². The highest BCUT2D eigenvalue weighted by molar-refractivity contribution is 5.79. The first kappa shape index (κ1) is 10.2. The number of para-hydroxylation sites is 1. The molecular weight excluding hydrogens is 186 g/mol. The van der Waals surface area contributed by atoms with Crippen LogP contribution in [0.2, 0.25) is 0 Å². The fourth-order valence-corrected chi connectivity index (χ4v) is 2.00. The van der Waals surface area contributed by atoms with Gasteiger partial charge in [-0.25, -0.2) is 4.98 Å². The lowest BCUT2D eigenvalue weighted by Gasteiger charge is -2.04. The first-order valence-electron chi connectivity index (χ1n) is 5.35. The van der Waals surface area contributed by atoms with Crippen LogP contribution in [0.3, 0.4) is 0 Å². The second kappa shape index (κ2) is 4.03. The Bertz CT molecular complexity index is 471. The van der Waals surface area contributed by atoms with Crippen molar-refractivity contribution in [3.63, 3.8) is 0 Å². The van der Waals surface area contributed by atoms with Gasteiger partial charge in [-0.1, -0.05) is 19.1 Å². The summed E-state index contributed by atoms with van der Waals surface area (Å²) < 4.78 is 2.19. The summed E-state index contributed by atoms with van der Waals surface area (Å²) >= 11 is 0. The van der Waals surface area contributed by atoms with E-state index in [9.17, 15) is 0 Å². The van der Waals surface area contributed by atoms with E-state index < -0.39 is 0 Å². The second-order valence-corrected chi connectivity index (χ2v) is 3.76. The number of aryl methyl sites for hydroxylation is 2. The predicted molar refractivity (Wildman–Crippen MR) is 62.9 cm³/mol. The summed E-state index contributed by atoms with van der Waals surface area (Å²) in [6.45, 7) is 2.99. The minimum atomic E-state index is 0.814. The molecule has 2 rings (SSSR count). The zero-order chi connectivity index (χ0) is 10.8. The van der Waals surface area contributed by atoms with E-state index in [-0.39, 0.29) is 0 Å². The molecule has 3 nitrogen and oxygen atoms in total. The normalized spacial score (nSPS) is 11.1. The van der Waals surface area contributed by atoms with Crippen LogP contribution in [0.25, 0.3) is 11.0 Å². The van der Waals surface area contributed by atoms with Crippen LogP contribution in [0.15, 0.2) is 18.2 Å². The summed E-state index contributed by atoms with van der Waals surface area (Å²) in [6.07, 6.45) is 1.05. The van der Waals surface area contributed by atoms with Crippen LogP contribution in [-0.2, 0) is 20.0 Å². The van der Waals surface area contributed by atoms with Crippen LogP contribution in [0, 0.1) is 0 Å². The third-order valence-electron chi connectivity index (χ3n) is 2.79. The molecule has 15 heavy (non-hydrogen) atoms. The van der Waals surface area contributed by atoms with Crippen LogP contribution < -0.4 is 5.32 Å². The molecule has 3 heteroatoms. The van der Waals surface area contributed by atoms with Crippen molar-refractivity contribution >= 4 is 11.0 Å². The molecule has 0 aliphatic rings. The first-order chi connectivity index (χ1) is 7.27. The largest absolute Gasteiger partial charge is 0.330 e. The van der Waals surface area contributed by atoms with E-state index in [4.69, 9.17) is 0 Å². The summed E-state index contributed by atoms with van der Waals surface area (Å²) in [5.74, 6) is 1.09. The second-order valence-electron chi connectivity index (χ2n) is 3.76. The standard InChI is InChI=1S/C12H17N3/c1-4-9-6-5-7-10-12(9)15(3)11(14-10)8-13-2/h5-7,13H,4,8H2,1-3H3. The molecule has 1 N–H and O–H groups in total. The highest BCUT2D eigenvalue weighted by atomic mass is 15.1. The van der Waals surface area contributed by atoms with Crippen molar-refractivity contribution in [3.05, 3.63) is 29.6 Å². The fraction of sp³-hybridized carbons (Fsp3) is 0.417. The molecule has 80 valence electrons. The summed E-state index contributed by atoms with van der Waals surface area (Å²) in [7, 11) is 4.03. The third kappa shape index (κ3) is 1.63. The number of fused-ring (bicyclic) bond motifs is 1. The Kier molecular flexibility index (Phi) is 2.73. The van der Waals surface area contributed by atoms with E-state index in [0.29, 0.717) is 0 Å². The number of rotatable bonds is 3. The lowest BCUT2D eigenvalue weighted by Crippen LogP contribution is -2.10. The van der Waals surface area contributed by atoms with Gasteiger partial charge in [0.15, 0.2) is 0 Å². The third-order valence-corrected chi connectivity index (χ3v) is 2.79. The Morgan fingerprint density at radius 1 is 1.40 bits per heavy atom. The monoisotopic (exact) mass is 203 g/mol. The van der Waals surface area contributed by atoms with Gasteiger partial charge in [0.2, 0.25) is 0 Å². The molecule has 0 saturated carbocycles. The number of nitrogens with one attached hydrogen (secondary N) is 1. The fourth-order valence-electron chi connectivity index (χ4n) is 2.00. The zero-order valence-corrected chi connectivity index (χ0v) is 9.54. The molecule has 0 atom stereocenters. The van der Waals surface area contributed by atoms with Crippen molar-refractivity contribution in [2.24, 2.45) is 7.05 Å². The Morgan fingerprint density at radius 2 is 2.20 bits per heavy atom. The lowest BCUT2D eigenvalue weighted by atomic mass is 10.1. The van der Waals surface area contributed by atoms with Gasteiger partial charge in [-0.2, -0.15) is 0 Å². The van der Waals surface area contributed by atoms with E-state index >= 15 is 0 Å². The number of aromatic nitrogens is 2. The van der Waals surface area contributed by atoms with E-state index in [1.165, 1.54) is 11.1 Å². The van der Waals surface area contributed by atoms with Gasteiger partial charge in [0.05, 0.1) is 17.6 Å². The summed E-state index contributed by atoms with van der Waals surface area (Å²) in [5, 5.41) is 3.14. The molecule has 0 aliphatic carbocycles. The average Bonchev–Trinajstić information content (AvgIpc) is 2.57. The molecule has 0 unspecified atom stereocenters. The van der Waals surface area contributed by atoms with Gasteiger partial charge in [0, 0.05) is 7.05 Å². The topological polar surface area (TPSA) is 29.9 Å². The smallest absolute Gasteiger partial charge is 0.123 e. The van der Waals surface area contributed by atoms with Crippen LogP contribution in [0.4, 0.5) is 0 Å². The molecular formula is C12H17N3. The van der Waals surface area contributed by atoms with Crippen molar-refractivity contribution in [3.8, 4) is 0 Å². The minimum absolute atomic E-state index is 0.814. The Balaban J connectivity index is 2.65. The number of imidazole rings is 1. The highest BCUT2D eigenvalue weighted by Crippen LogP contribution is 2.19. The molecule has 0 amide bonds. The predicted octanol–water partition coefficient (Wildman–Crippen LogP) is 1.86. The maximum Gasteiger partial charge on any atom is 0.123 e. The first-order valence-corrected chi connectivity index (χ1v) is 5.35. The van der Waals surface area contributed by atoms with Gasteiger partial charge in [0.25, 0.3) is 0 Å². The average molecular weight is 203 g/mol. The van der Waals surface area contributed by atoms with Crippen molar-refractivity contribution < 1.29 is 0 Å². The maximum atomic E-state index is 4.61. The summed E-state index contributed by atoms with van der Waals surface area (Å²) in [4.78, 5) is 4.61. The van der Waals surface area contributed by atoms with Crippen molar-refractivity contribution in [2.75, 3.05) is 7.05 Å². The molecule has 1 aromatic carbocycles. The van der Waals surface area contributed by atoms with E-state index in [2.05, 4.69) is 47.0 Å². The maximum absolute atomic E-state index is 4.61. The Labute approximate surface area is 90.1 Å². The molecule has 0 saturated heterocycles. The van der Waals surface area contributed by atoms with Gasteiger partial charge in [-0.3, -0.25) is 0 Å².